The predicted octanol–water partition coefficient (Wildman–Crippen LogP) is 9.30. The molecule has 0 aromatic heterocycles. The molecule has 20 nitrogen and oxygen atoms in total. The molecule has 3 aliphatic rings. The van der Waals surface area contributed by atoms with Crippen LogP contribution in [0.4, 0.5) is 26.3 Å². The number of alkyl halides is 6. The van der Waals surface area contributed by atoms with E-state index in [1.165, 1.54) is 48.5 Å². The van der Waals surface area contributed by atoms with Gasteiger partial charge in [-0.15, -0.1) is 26.3 Å². The minimum atomic E-state index is -4.51. The van der Waals surface area contributed by atoms with E-state index in [4.69, 9.17) is 37.9 Å². The van der Waals surface area contributed by atoms with Crippen LogP contribution in [0.25, 0.3) is 0 Å². The molecule has 8 rings (SSSR count). The molecule has 0 spiro atoms. The maximum atomic E-state index is 14.7. The number of hydrogen-bond acceptors (Lipinski definition) is 20. The van der Waals surface area contributed by atoms with Crippen LogP contribution in [0.3, 0.4) is 0 Å². The topological polar surface area (TPSA) is 232 Å². The molecule has 5 aromatic carbocycles. The van der Waals surface area contributed by atoms with Crippen LogP contribution in [0.15, 0.2) is 110 Å². The van der Waals surface area contributed by atoms with Gasteiger partial charge in [-0.25, -0.2) is 28.8 Å². The summed E-state index contributed by atoms with van der Waals surface area (Å²) in [6.45, 7) is 7.39. The Bertz CT molecular complexity index is 2940. The molecular formula is C51H36F6O20. The van der Waals surface area contributed by atoms with E-state index < -0.39 is 123 Å². The lowest BCUT2D eigenvalue weighted by molar-refractivity contribution is -0.288. The molecule has 0 radical (unpaired) electrons. The number of carbonyl (C=O) groups is 6. The number of benzene rings is 5. The van der Waals surface area contributed by atoms with E-state index >= 15 is 0 Å². The van der Waals surface area contributed by atoms with E-state index in [1.54, 1.807) is 0 Å². The number of ether oxygens (including phenoxy) is 14. The lowest BCUT2D eigenvalue weighted by atomic mass is 10.1. The highest BCUT2D eigenvalue weighted by molar-refractivity contribution is 5.99. The molecule has 0 saturated heterocycles. The van der Waals surface area contributed by atoms with Gasteiger partial charge >= 0.3 is 54.7 Å². The smallest absolute Gasteiger partial charge is 0.494 e. The molecule has 3 aliphatic heterocycles. The third-order valence-electron chi connectivity index (χ3n) is 10.4. The fraction of sp³-hybridized carbons (Fsp3) is 0.216. The second-order valence-corrected chi connectivity index (χ2v) is 15.7. The Hall–Kier alpha value is -9.62. The van der Waals surface area contributed by atoms with Crippen LogP contribution in [-0.2, 0) is 19.1 Å². The maximum absolute atomic E-state index is 14.7. The summed E-state index contributed by atoms with van der Waals surface area (Å²) in [5, 5.41) is 0. The number of unbranched alkanes of at least 4 members (excludes halogenated alkanes) is 2. The van der Waals surface area contributed by atoms with E-state index in [0.29, 0.717) is 37.2 Å². The minimum Gasteiger partial charge on any atom is -0.494 e. The third-order valence-corrected chi connectivity index (χ3v) is 10.4. The Morgan fingerprint density at radius 1 is 0.390 bits per heavy atom. The first-order valence-corrected chi connectivity index (χ1v) is 22.4. The van der Waals surface area contributed by atoms with Crippen molar-refractivity contribution in [2.45, 2.75) is 44.6 Å². The molecule has 5 aromatic rings. The molecule has 3 heterocycles. The number of rotatable bonds is 22. The van der Waals surface area contributed by atoms with Crippen LogP contribution in [0.5, 0.6) is 69.0 Å². The van der Waals surface area contributed by atoms with Gasteiger partial charge < -0.3 is 66.3 Å². The number of esters is 6. The lowest BCUT2D eigenvalue weighted by Gasteiger charge is -2.13. The zero-order valence-electron chi connectivity index (χ0n) is 39.2. The molecule has 0 atom stereocenters. The van der Waals surface area contributed by atoms with Gasteiger partial charge in [0.25, 0.3) is 0 Å². The van der Waals surface area contributed by atoms with E-state index in [1.807, 2.05) is 0 Å². The van der Waals surface area contributed by atoms with Crippen molar-refractivity contribution >= 4 is 35.8 Å². The summed E-state index contributed by atoms with van der Waals surface area (Å²) in [6.07, 6.45) is -9.25. The van der Waals surface area contributed by atoms with Gasteiger partial charge in [0.1, 0.15) is 22.6 Å². The van der Waals surface area contributed by atoms with Gasteiger partial charge in [-0.05, 0) is 111 Å². The summed E-state index contributed by atoms with van der Waals surface area (Å²) >= 11 is 0. The average Bonchev–Trinajstić information content (AvgIpc) is 4.08. The molecule has 26 heteroatoms. The van der Waals surface area contributed by atoms with Crippen LogP contribution in [0.2, 0.25) is 0 Å². The zero-order chi connectivity index (χ0) is 55.1. The molecule has 0 aliphatic carbocycles. The van der Waals surface area contributed by atoms with Gasteiger partial charge in [-0.3, -0.25) is 0 Å². The fourth-order valence-corrected chi connectivity index (χ4v) is 6.88. The Morgan fingerprint density at radius 3 is 1.01 bits per heavy atom. The Labute approximate surface area is 428 Å². The highest BCUT2D eigenvalue weighted by atomic mass is 19.3. The number of carbonyl (C=O) groups excluding carboxylic acids is 6. The van der Waals surface area contributed by atoms with Crippen molar-refractivity contribution in [2.24, 2.45) is 0 Å². The summed E-state index contributed by atoms with van der Waals surface area (Å²) < 4.78 is 157. The molecule has 0 N–H and O–H groups in total. The maximum Gasteiger partial charge on any atom is 0.586 e. The lowest BCUT2D eigenvalue weighted by Crippen LogP contribution is -2.26. The predicted molar refractivity (Wildman–Crippen MR) is 242 cm³/mol. The normalized spacial score (nSPS) is 14.3. The van der Waals surface area contributed by atoms with Gasteiger partial charge in [-0.2, -0.15) is 0 Å². The van der Waals surface area contributed by atoms with Crippen molar-refractivity contribution in [1.82, 2.24) is 0 Å². The zero-order valence-corrected chi connectivity index (χ0v) is 39.2. The van der Waals surface area contributed by atoms with Crippen molar-refractivity contribution < 1.29 is 121 Å². The molecule has 77 heavy (non-hydrogen) atoms. The van der Waals surface area contributed by atoms with Crippen LogP contribution in [0, 0.1) is 0 Å². The van der Waals surface area contributed by atoms with Crippen molar-refractivity contribution in [2.75, 3.05) is 26.4 Å². The summed E-state index contributed by atoms with van der Waals surface area (Å²) in [4.78, 5) is 75.4. The molecule has 0 unspecified atom stereocenters. The first kappa shape index (κ1) is 53.7. The Kier molecular flexibility index (Phi) is 15.7. The van der Waals surface area contributed by atoms with Crippen molar-refractivity contribution in [3.63, 3.8) is 0 Å². The monoisotopic (exact) mass is 1080 g/mol. The van der Waals surface area contributed by atoms with Crippen LogP contribution in [-0.4, -0.2) is 81.1 Å². The molecule has 0 amide bonds. The highest BCUT2D eigenvalue weighted by Gasteiger charge is 2.51. The van der Waals surface area contributed by atoms with Crippen LogP contribution in [0.1, 0.15) is 67.1 Å². The molecule has 402 valence electrons. The standard InChI is InChI=1S/C51H36F6O20/c1-3-37(58)66-25-7-5-23-64-29-13-9-27(10-14-29)45(60)68-33-19-17-31(39-41(33)74-49(52,53)72-39)47(62)70-35-21-22-36(44-43(35)76-51(56,57)77-44)71-48(63)32-18-20-34(42-40(32)73-50(54,55)75-42)69-46(61)28-11-15-30(16-12-28)65-24-6-8-26-67-38(59)4-2/h3-4,9-22H,1-2,5-8,23-26H2. The first-order valence-electron chi connectivity index (χ1n) is 22.4. The molecule has 0 fully saturated rings. The van der Waals surface area contributed by atoms with Gasteiger partial charge in [0.05, 0.1) is 37.6 Å². The third kappa shape index (κ3) is 13.0. The number of halogens is 6. The second-order valence-electron chi connectivity index (χ2n) is 15.7. The van der Waals surface area contributed by atoms with E-state index in [0.717, 1.165) is 48.6 Å². The van der Waals surface area contributed by atoms with Gasteiger partial charge in [0.2, 0.25) is 23.0 Å². The molecular weight excluding hydrogens is 1050 g/mol. The second kappa shape index (κ2) is 22.5. The minimum absolute atomic E-state index is 0.0780. The van der Waals surface area contributed by atoms with Crippen molar-refractivity contribution in [3.05, 3.63) is 132 Å². The summed E-state index contributed by atoms with van der Waals surface area (Å²) in [5.41, 5.74) is -1.78. The SMILES string of the molecule is C=CC(=O)OCCCCOc1ccc(C(=O)Oc2ccc(C(=O)Oc3ccc(OC(=O)c4ccc(OC(=O)c5ccc(OCCCCOC(=O)C=C)cc5)c5c4OC(F)(F)O5)c4c3OC(F)(F)O4)c3c2OC(F)(F)O3)cc1. The van der Waals surface area contributed by atoms with E-state index in [-0.39, 0.29) is 37.6 Å². The van der Waals surface area contributed by atoms with Crippen LogP contribution < -0.4 is 56.8 Å². The first-order chi connectivity index (χ1) is 36.7. The van der Waals surface area contributed by atoms with Crippen molar-refractivity contribution in [3.8, 4) is 69.0 Å². The summed E-state index contributed by atoms with van der Waals surface area (Å²) in [6, 6.07) is 15.8. The van der Waals surface area contributed by atoms with Gasteiger partial charge in [-0.1, -0.05) is 13.2 Å². The average molecular weight is 1080 g/mol. The largest absolute Gasteiger partial charge is 0.586 e. The van der Waals surface area contributed by atoms with Gasteiger partial charge in [0, 0.05) is 12.2 Å². The Balaban J connectivity index is 0.924. The summed E-state index contributed by atoms with van der Waals surface area (Å²) in [5.74, 6) is -14.8. The van der Waals surface area contributed by atoms with E-state index in [2.05, 4.69) is 41.6 Å². The van der Waals surface area contributed by atoms with Crippen LogP contribution >= 0.6 is 0 Å². The Morgan fingerprint density at radius 2 is 0.675 bits per heavy atom. The van der Waals surface area contributed by atoms with E-state index in [9.17, 15) is 55.1 Å². The highest BCUT2D eigenvalue weighted by Crippen LogP contribution is 2.55. The fourth-order valence-electron chi connectivity index (χ4n) is 6.88. The van der Waals surface area contributed by atoms with Gasteiger partial charge in [0.15, 0.2) is 34.5 Å². The number of hydrogen-bond donors (Lipinski definition) is 0. The quantitative estimate of drug-likeness (QED) is 0.0206. The van der Waals surface area contributed by atoms with Crippen molar-refractivity contribution in [1.29, 1.82) is 0 Å². The molecule has 0 saturated carbocycles. The number of fused-ring (bicyclic) bond motifs is 3. The summed E-state index contributed by atoms with van der Waals surface area (Å²) in [7, 11) is 0. The molecule has 0 bridgehead atoms.